The van der Waals surface area contributed by atoms with Crippen molar-refractivity contribution >= 4 is 29.6 Å². The van der Waals surface area contributed by atoms with E-state index in [1.165, 1.54) is 24.1 Å². The number of aliphatic hydroxyl groups is 1. The monoisotopic (exact) mass is 510 g/mol. The third-order valence-corrected chi connectivity index (χ3v) is 7.39. The Morgan fingerprint density at radius 3 is 2.62 bits per heavy atom. The molecule has 2 aromatic carbocycles. The fraction of sp³-hybridized carbons (Fsp3) is 0.385. The summed E-state index contributed by atoms with van der Waals surface area (Å²) in [5, 5.41) is 15.0. The van der Waals surface area contributed by atoms with Crippen molar-refractivity contribution in [2.24, 2.45) is 0 Å². The number of hydrogen-bond donors (Lipinski definition) is 3. The molecule has 5 rings (SSSR count). The fourth-order valence-corrected chi connectivity index (χ4v) is 5.59. The molecule has 3 aliphatic rings. The molecule has 1 spiro atoms. The molecule has 5 amide bonds. The molecule has 0 saturated carbocycles. The van der Waals surface area contributed by atoms with E-state index in [0.29, 0.717) is 36.1 Å². The molecule has 2 fully saturated rings. The van der Waals surface area contributed by atoms with E-state index in [1.54, 1.807) is 30.3 Å². The lowest BCUT2D eigenvalue weighted by molar-refractivity contribution is -0.143. The van der Waals surface area contributed by atoms with Gasteiger partial charge in [-0.15, -0.1) is 0 Å². The van der Waals surface area contributed by atoms with E-state index >= 15 is 0 Å². The first kappa shape index (κ1) is 24.7. The van der Waals surface area contributed by atoms with Gasteiger partial charge in [0, 0.05) is 24.7 Å². The summed E-state index contributed by atoms with van der Waals surface area (Å²) in [4.78, 5) is 53.8. The Labute approximate surface area is 212 Å². The topological polar surface area (TPSA) is 128 Å². The Kier molecular flexibility index (Phi) is 6.32. The van der Waals surface area contributed by atoms with Gasteiger partial charge in [0.1, 0.15) is 12.4 Å². The Balaban J connectivity index is 1.36. The maximum Gasteiger partial charge on any atom is 0.418 e. The van der Waals surface area contributed by atoms with Gasteiger partial charge in [0.15, 0.2) is 0 Å². The highest BCUT2D eigenvalue weighted by molar-refractivity contribution is 6.06. The molecule has 2 aliphatic heterocycles. The van der Waals surface area contributed by atoms with Crippen molar-refractivity contribution in [3.63, 3.8) is 0 Å². The van der Waals surface area contributed by atoms with Crippen LogP contribution in [-0.2, 0) is 26.3 Å². The lowest BCUT2D eigenvalue weighted by Crippen LogP contribution is -2.47. The van der Waals surface area contributed by atoms with E-state index in [2.05, 4.69) is 10.6 Å². The molecule has 3 N–H and O–H groups in total. The first-order chi connectivity index (χ1) is 17.8. The van der Waals surface area contributed by atoms with E-state index in [0.717, 1.165) is 10.5 Å². The number of nitrogens with zero attached hydrogens (tertiary/aromatic N) is 2. The summed E-state index contributed by atoms with van der Waals surface area (Å²) in [5.74, 6) is -1.52. The third kappa shape index (κ3) is 4.18. The van der Waals surface area contributed by atoms with Crippen LogP contribution in [-0.4, -0.2) is 65.1 Å². The molecule has 3 atom stereocenters. The van der Waals surface area contributed by atoms with Crippen LogP contribution >= 0.6 is 0 Å². The van der Waals surface area contributed by atoms with Crippen molar-refractivity contribution in [1.82, 2.24) is 15.1 Å². The number of aryl methyl sites for hydroxylation is 1. The average Bonchev–Trinajstić information content (AvgIpc) is 3.55. The summed E-state index contributed by atoms with van der Waals surface area (Å²) in [5.41, 5.74) is 1.02. The SMILES string of the molecule is CNC(=O)Nc1ccc2c(c1)CC[C@@]21OC(=O)N(CC(=O)N2[C@@H](CO)CC[C@H]2c2ccc(F)cc2)C1=O. The number of aliphatic hydroxyl groups excluding tert-OH is 1. The van der Waals surface area contributed by atoms with Crippen LogP contribution in [0.25, 0.3) is 0 Å². The van der Waals surface area contributed by atoms with Gasteiger partial charge < -0.3 is 25.4 Å². The molecule has 2 aromatic rings. The largest absolute Gasteiger partial charge is 0.427 e. The van der Waals surface area contributed by atoms with Crippen molar-refractivity contribution < 1.29 is 33.4 Å². The molecule has 0 radical (unpaired) electrons. The second-order valence-electron chi connectivity index (χ2n) is 9.44. The minimum Gasteiger partial charge on any atom is -0.427 e. The maximum absolute atomic E-state index is 13.5. The quantitative estimate of drug-likeness (QED) is 0.567. The number of carbonyl (C=O) groups is 4. The minimum absolute atomic E-state index is 0.224. The van der Waals surface area contributed by atoms with Crippen LogP contribution in [0.5, 0.6) is 0 Å². The number of ether oxygens (including phenoxy) is 1. The van der Waals surface area contributed by atoms with E-state index in [1.807, 2.05) is 0 Å². The first-order valence-corrected chi connectivity index (χ1v) is 12.1. The molecular formula is C26H27FN4O6. The van der Waals surface area contributed by atoms with Crippen LogP contribution in [0.4, 0.5) is 19.7 Å². The number of nitrogens with one attached hydrogen (secondary N) is 2. The second-order valence-corrected chi connectivity index (χ2v) is 9.44. The van der Waals surface area contributed by atoms with Crippen molar-refractivity contribution in [1.29, 1.82) is 0 Å². The van der Waals surface area contributed by atoms with Crippen LogP contribution in [0.15, 0.2) is 42.5 Å². The molecule has 0 unspecified atom stereocenters. The molecule has 10 nitrogen and oxygen atoms in total. The van der Waals surface area contributed by atoms with Gasteiger partial charge in [-0.05, 0) is 54.7 Å². The van der Waals surface area contributed by atoms with Gasteiger partial charge in [0.25, 0.3) is 5.91 Å². The predicted octanol–water partition coefficient (Wildman–Crippen LogP) is 2.42. The lowest BCUT2D eigenvalue weighted by Gasteiger charge is -2.31. The summed E-state index contributed by atoms with van der Waals surface area (Å²) in [6, 6.07) is 9.52. The Morgan fingerprint density at radius 1 is 1.16 bits per heavy atom. The number of hydrogen-bond acceptors (Lipinski definition) is 6. The third-order valence-electron chi connectivity index (χ3n) is 7.39. The fourth-order valence-electron chi connectivity index (χ4n) is 5.59. The first-order valence-electron chi connectivity index (χ1n) is 12.1. The average molecular weight is 511 g/mol. The molecule has 2 saturated heterocycles. The van der Waals surface area contributed by atoms with Gasteiger partial charge >= 0.3 is 12.1 Å². The summed E-state index contributed by atoms with van der Waals surface area (Å²) < 4.78 is 19.1. The summed E-state index contributed by atoms with van der Waals surface area (Å²) in [7, 11) is 1.50. The van der Waals surface area contributed by atoms with Crippen LogP contribution in [0.3, 0.4) is 0 Å². The second kappa shape index (κ2) is 9.47. The van der Waals surface area contributed by atoms with Crippen LogP contribution < -0.4 is 10.6 Å². The predicted molar refractivity (Wildman–Crippen MR) is 129 cm³/mol. The molecule has 0 aromatic heterocycles. The number of amides is 5. The van der Waals surface area contributed by atoms with Crippen LogP contribution in [0.1, 0.15) is 42.0 Å². The van der Waals surface area contributed by atoms with Gasteiger partial charge in [0.2, 0.25) is 11.5 Å². The van der Waals surface area contributed by atoms with Gasteiger partial charge in [0.05, 0.1) is 18.7 Å². The highest BCUT2D eigenvalue weighted by Gasteiger charge is 2.58. The van der Waals surface area contributed by atoms with Crippen molar-refractivity contribution in [2.75, 3.05) is 25.5 Å². The molecule has 0 bridgehead atoms. The summed E-state index contributed by atoms with van der Waals surface area (Å²) >= 11 is 0. The van der Waals surface area contributed by atoms with E-state index in [4.69, 9.17) is 4.74 Å². The maximum atomic E-state index is 13.5. The number of anilines is 1. The van der Waals surface area contributed by atoms with E-state index < -0.39 is 48.0 Å². The molecule has 194 valence electrons. The number of urea groups is 1. The number of halogens is 1. The van der Waals surface area contributed by atoms with Gasteiger partial charge in [-0.2, -0.15) is 0 Å². The zero-order valence-electron chi connectivity index (χ0n) is 20.2. The van der Waals surface area contributed by atoms with Gasteiger partial charge in [-0.1, -0.05) is 18.2 Å². The minimum atomic E-state index is -1.52. The van der Waals surface area contributed by atoms with E-state index in [9.17, 15) is 28.7 Å². The Morgan fingerprint density at radius 2 is 1.92 bits per heavy atom. The van der Waals surface area contributed by atoms with Gasteiger partial charge in [-0.25, -0.2) is 18.9 Å². The molecule has 2 heterocycles. The Hall–Kier alpha value is -3.99. The Bertz CT molecular complexity index is 1270. The highest BCUT2D eigenvalue weighted by Crippen LogP contribution is 2.46. The summed E-state index contributed by atoms with van der Waals surface area (Å²) in [6.45, 7) is -0.801. The summed E-state index contributed by atoms with van der Waals surface area (Å²) in [6.07, 6.45) is 0.862. The molecule has 37 heavy (non-hydrogen) atoms. The van der Waals surface area contributed by atoms with Gasteiger partial charge in [-0.3, -0.25) is 9.59 Å². The molecule has 11 heteroatoms. The van der Waals surface area contributed by atoms with Crippen LogP contribution in [0, 0.1) is 5.82 Å². The number of carbonyl (C=O) groups excluding carboxylic acids is 4. The smallest absolute Gasteiger partial charge is 0.418 e. The molecular weight excluding hydrogens is 483 g/mol. The van der Waals surface area contributed by atoms with Crippen LogP contribution in [0.2, 0.25) is 0 Å². The zero-order chi connectivity index (χ0) is 26.3. The number of benzene rings is 2. The molecule has 1 aliphatic carbocycles. The van der Waals surface area contributed by atoms with Crippen molar-refractivity contribution in [3.8, 4) is 0 Å². The number of imide groups is 1. The highest BCUT2D eigenvalue weighted by atomic mass is 19.1. The number of fused-ring (bicyclic) bond motifs is 2. The zero-order valence-corrected chi connectivity index (χ0v) is 20.2. The number of likely N-dealkylation sites (tertiary alicyclic amines) is 1. The number of rotatable bonds is 5. The lowest BCUT2D eigenvalue weighted by atomic mass is 9.94. The van der Waals surface area contributed by atoms with Crippen molar-refractivity contribution in [2.45, 2.75) is 43.4 Å². The van der Waals surface area contributed by atoms with Crippen molar-refractivity contribution in [3.05, 3.63) is 65.0 Å². The standard InChI is InChI=1S/C26H27FN4O6/c1-28-24(35)29-18-6-8-20-16(12-18)10-11-26(20)23(34)30(25(36)37-26)13-22(33)31-19(14-32)7-9-21(31)15-2-4-17(27)5-3-15/h2-6,8,12,19,21,32H,7,9-11,13-14H2,1H3,(H2,28,29,35)/t19-,21+,26-/m1/s1. The van der Waals surface area contributed by atoms with E-state index in [-0.39, 0.29) is 19.1 Å². The normalized spacial score (nSPS) is 24.4.